The molecule has 1 aliphatic heterocycles. The summed E-state index contributed by atoms with van der Waals surface area (Å²) in [4.78, 5) is 14.6. The van der Waals surface area contributed by atoms with Crippen LogP contribution in [0.3, 0.4) is 0 Å². The molecule has 3 rings (SSSR count). The lowest BCUT2D eigenvalue weighted by molar-refractivity contribution is 0.0508. The van der Waals surface area contributed by atoms with Crippen LogP contribution in [0.1, 0.15) is 22.3 Å². The van der Waals surface area contributed by atoms with Gasteiger partial charge in [-0.1, -0.05) is 0 Å². The van der Waals surface area contributed by atoms with Gasteiger partial charge >= 0.3 is 0 Å². The predicted octanol–water partition coefficient (Wildman–Crippen LogP) is 0.682. The van der Waals surface area contributed by atoms with Gasteiger partial charge in [0.1, 0.15) is 0 Å². The van der Waals surface area contributed by atoms with Crippen LogP contribution in [0.4, 0.5) is 0 Å². The second kappa shape index (κ2) is 6.23. The van der Waals surface area contributed by atoms with E-state index in [0.29, 0.717) is 12.1 Å². The highest BCUT2D eigenvalue weighted by molar-refractivity contribution is 5.94. The topological polar surface area (TPSA) is 73.1 Å². The number of aryl methyl sites for hydroxylation is 1. The van der Waals surface area contributed by atoms with Crippen molar-refractivity contribution in [3.05, 3.63) is 42.0 Å². The van der Waals surface area contributed by atoms with Crippen LogP contribution in [-0.4, -0.2) is 56.6 Å². The molecule has 2 atom stereocenters. The fourth-order valence-electron chi connectivity index (χ4n) is 3.00. The van der Waals surface area contributed by atoms with Gasteiger partial charge in [-0.25, -0.2) is 0 Å². The zero-order chi connectivity index (χ0) is 15.5. The van der Waals surface area contributed by atoms with Crippen LogP contribution < -0.4 is 0 Å². The maximum atomic E-state index is 12.7. The molecular weight excluding hydrogens is 282 g/mol. The first-order chi connectivity index (χ1) is 10.7. The third-order valence-corrected chi connectivity index (χ3v) is 4.08. The second-order valence-corrected chi connectivity index (χ2v) is 5.49. The number of methoxy groups -OCH3 is 1. The first-order valence-corrected chi connectivity index (χ1v) is 7.27. The number of carbonyl (C=O) groups is 1. The average molecular weight is 301 g/mol. The molecule has 1 fully saturated rings. The minimum Gasteiger partial charge on any atom is -0.379 e. The quantitative estimate of drug-likeness (QED) is 0.830. The zero-order valence-corrected chi connectivity index (χ0v) is 12.7. The SMILES string of the molecule is CO[C@H]1CCN(C(=O)c2ccnnc2)[C@@H]1Cc1cnn(C)c1. The van der Waals surface area contributed by atoms with Crippen molar-refractivity contribution in [1.82, 2.24) is 24.9 Å². The van der Waals surface area contributed by atoms with Crippen molar-refractivity contribution in [3.8, 4) is 0 Å². The van der Waals surface area contributed by atoms with Crippen molar-refractivity contribution in [3.63, 3.8) is 0 Å². The van der Waals surface area contributed by atoms with Crippen molar-refractivity contribution in [2.75, 3.05) is 13.7 Å². The molecule has 1 aliphatic rings. The molecule has 0 N–H and O–H groups in total. The zero-order valence-electron chi connectivity index (χ0n) is 12.7. The van der Waals surface area contributed by atoms with Crippen molar-refractivity contribution in [2.45, 2.75) is 25.0 Å². The van der Waals surface area contributed by atoms with Crippen LogP contribution in [-0.2, 0) is 18.2 Å². The first-order valence-electron chi connectivity index (χ1n) is 7.27. The van der Waals surface area contributed by atoms with E-state index >= 15 is 0 Å². The molecule has 7 heteroatoms. The number of hydrogen-bond donors (Lipinski definition) is 0. The van der Waals surface area contributed by atoms with E-state index in [4.69, 9.17) is 4.74 Å². The van der Waals surface area contributed by atoms with Gasteiger partial charge in [0, 0.05) is 26.9 Å². The fourth-order valence-corrected chi connectivity index (χ4v) is 3.00. The number of likely N-dealkylation sites (tertiary alicyclic amines) is 1. The minimum atomic E-state index is -0.0247. The van der Waals surface area contributed by atoms with E-state index in [1.165, 1.54) is 12.4 Å². The van der Waals surface area contributed by atoms with Gasteiger partial charge in [-0.2, -0.15) is 15.3 Å². The fraction of sp³-hybridized carbons (Fsp3) is 0.467. The van der Waals surface area contributed by atoms with E-state index in [1.54, 1.807) is 17.9 Å². The molecule has 0 aliphatic carbocycles. The molecule has 1 saturated heterocycles. The van der Waals surface area contributed by atoms with E-state index in [2.05, 4.69) is 15.3 Å². The Bertz CT molecular complexity index is 642. The van der Waals surface area contributed by atoms with E-state index in [1.807, 2.05) is 24.3 Å². The minimum absolute atomic E-state index is 0.00913. The highest BCUT2D eigenvalue weighted by Crippen LogP contribution is 2.25. The largest absolute Gasteiger partial charge is 0.379 e. The molecule has 2 aromatic heterocycles. The molecule has 3 heterocycles. The number of aromatic nitrogens is 4. The lowest BCUT2D eigenvalue weighted by atomic mass is 10.0. The first kappa shape index (κ1) is 14.6. The Balaban J connectivity index is 1.81. The highest BCUT2D eigenvalue weighted by atomic mass is 16.5. The Labute approximate surface area is 128 Å². The molecule has 116 valence electrons. The van der Waals surface area contributed by atoms with Crippen molar-refractivity contribution < 1.29 is 9.53 Å². The Morgan fingerprint density at radius 2 is 2.27 bits per heavy atom. The molecule has 0 bridgehead atoms. The number of ether oxygens (including phenoxy) is 1. The smallest absolute Gasteiger partial charge is 0.255 e. The maximum Gasteiger partial charge on any atom is 0.255 e. The summed E-state index contributed by atoms with van der Waals surface area (Å²) in [6.07, 6.45) is 8.46. The van der Waals surface area contributed by atoms with Crippen LogP contribution in [0, 0.1) is 0 Å². The molecular formula is C15H19N5O2. The van der Waals surface area contributed by atoms with Gasteiger partial charge in [0.15, 0.2) is 0 Å². The average Bonchev–Trinajstić information content (AvgIpc) is 3.14. The van der Waals surface area contributed by atoms with Gasteiger partial charge in [-0.3, -0.25) is 9.48 Å². The molecule has 7 nitrogen and oxygen atoms in total. The van der Waals surface area contributed by atoms with Gasteiger partial charge in [-0.05, 0) is 24.5 Å². The maximum absolute atomic E-state index is 12.7. The van der Waals surface area contributed by atoms with Gasteiger partial charge in [0.2, 0.25) is 0 Å². The van der Waals surface area contributed by atoms with Crippen molar-refractivity contribution in [2.24, 2.45) is 7.05 Å². The number of amides is 1. The van der Waals surface area contributed by atoms with Gasteiger partial charge in [0.05, 0.1) is 36.3 Å². The van der Waals surface area contributed by atoms with E-state index < -0.39 is 0 Å². The van der Waals surface area contributed by atoms with E-state index in [-0.39, 0.29) is 18.1 Å². The van der Waals surface area contributed by atoms with Crippen LogP contribution in [0.2, 0.25) is 0 Å². The van der Waals surface area contributed by atoms with Gasteiger partial charge in [-0.15, -0.1) is 0 Å². The Morgan fingerprint density at radius 3 is 2.91 bits per heavy atom. The third-order valence-electron chi connectivity index (χ3n) is 4.08. The number of hydrogen-bond acceptors (Lipinski definition) is 5. The summed E-state index contributed by atoms with van der Waals surface area (Å²) in [6, 6.07) is 1.70. The summed E-state index contributed by atoms with van der Waals surface area (Å²) >= 11 is 0. The molecule has 0 saturated carbocycles. The van der Waals surface area contributed by atoms with Crippen molar-refractivity contribution >= 4 is 5.91 Å². The second-order valence-electron chi connectivity index (χ2n) is 5.49. The van der Waals surface area contributed by atoms with Crippen molar-refractivity contribution in [1.29, 1.82) is 0 Å². The normalized spacial score (nSPS) is 21.3. The standard InChI is InChI=1S/C15H19N5O2/c1-19-10-11(8-18-19)7-13-14(22-2)4-6-20(13)15(21)12-3-5-16-17-9-12/h3,5,8-10,13-14H,4,6-7H2,1-2H3/t13-,14+/m1/s1. The summed E-state index contributed by atoms with van der Waals surface area (Å²) in [6.45, 7) is 0.685. The van der Waals surface area contributed by atoms with Gasteiger partial charge < -0.3 is 9.64 Å². The molecule has 0 aromatic carbocycles. The Kier molecular flexibility index (Phi) is 4.15. The molecule has 2 aromatic rings. The Hall–Kier alpha value is -2.28. The summed E-state index contributed by atoms with van der Waals surface area (Å²) in [5, 5.41) is 11.7. The van der Waals surface area contributed by atoms with Crippen LogP contribution in [0.25, 0.3) is 0 Å². The number of nitrogens with zero attached hydrogens (tertiary/aromatic N) is 5. The molecule has 1 amide bonds. The predicted molar refractivity (Wildman–Crippen MR) is 79.2 cm³/mol. The lowest BCUT2D eigenvalue weighted by Crippen LogP contribution is -2.41. The summed E-state index contributed by atoms with van der Waals surface area (Å²) in [5.41, 5.74) is 1.66. The van der Waals surface area contributed by atoms with Gasteiger partial charge in [0.25, 0.3) is 5.91 Å². The van der Waals surface area contributed by atoms with Crippen LogP contribution in [0.15, 0.2) is 30.9 Å². The molecule has 0 radical (unpaired) electrons. The molecule has 22 heavy (non-hydrogen) atoms. The van der Waals surface area contributed by atoms with Crippen LogP contribution >= 0.6 is 0 Å². The van der Waals surface area contributed by atoms with Crippen LogP contribution in [0.5, 0.6) is 0 Å². The summed E-state index contributed by atoms with van der Waals surface area (Å²) < 4.78 is 7.34. The number of carbonyl (C=O) groups excluding carboxylic acids is 1. The van der Waals surface area contributed by atoms with E-state index in [0.717, 1.165) is 18.4 Å². The summed E-state index contributed by atoms with van der Waals surface area (Å²) in [7, 11) is 3.58. The van der Waals surface area contributed by atoms with E-state index in [9.17, 15) is 4.79 Å². The molecule has 0 spiro atoms. The monoisotopic (exact) mass is 301 g/mol. The number of rotatable bonds is 4. The lowest BCUT2D eigenvalue weighted by Gasteiger charge is -2.27. The highest BCUT2D eigenvalue weighted by Gasteiger charge is 2.37. The molecule has 0 unspecified atom stereocenters. The summed E-state index contributed by atoms with van der Waals surface area (Å²) in [5.74, 6) is -0.0247. The Morgan fingerprint density at radius 1 is 1.41 bits per heavy atom. The third kappa shape index (κ3) is 2.85.